The number of Topliss-reactive ketones (excluding diaryl/α,β-unsaturated/α-hetero) is 1. The molecule has 0 fully saturated rings. The molecule has 1 atom stereocenters. The molecular formula is C16H20O2. The molecule has 0 aromatic heterocycles. The van der Waals surface area contributed by atoms with E-state index in [9.17, 15) is 4.79 Å². The van der Waals surface area contributed by atoms with Crippen molar-refractivity contribution in [3.05, 3.63) is 42.5 Å². The molecule has 2 rings (SSSR count). The van der Waals surface area contributed by atoms with Gasteiger partial charge >= 0.3 is 0 Å². The Balaban J connectivity index is 1.74. The predicted molar refractivity (Wildman–Crippen MR) is 72.9 cm³/mol. The van der Waals surface area contributed by atoms with Gasteiger partial charge in [-0.3, -0.25) is 4.79 Å². The number of hydrogen-bond acceptors (Lipinski definition) is 2. The second-order valence-corrected chi connectivity index (χ2v) is 4.77. The van der Waals surface area contributed by atoms with Gasteiger partial charge in [-0.1, -0.05) is 30.7 Å². The molecule has 0 N–H and O–H groups in total. The van der Waals surface area contributed by atoms with Crippen LogP contribution in [0.3, 0.4) is 0 Å². The topological polar surface area (TPSA) is 26.3 Å². The zero-order valence-electron chi connectivity index (χ0n) is 10.7. The number of fused-ring (bicyclic) bond motifs is 1. The number of carbonyl (C=O) groups is 1. The molecule has 0 aliphatic carbocycles. The van der Waals surface area contributed by atoms with Crippen LogP contribution in [-0.4, -0.2) is 11.9 Å². The number of ether oxygens (including phenoxy) is 1. The first-order valence-electron chi connectivity index (χ1n) is 6.69. The maximum atomic E-state index is 12.0. The average molecular weight is 244 g/mol. The number of carbonyl (C=O) groups excluding carboxylic acids is 1. The summed E-state index contributed by atoms with van der Waals surface area (Å²) < 4.78 is 5.68. The first-order chi connectivity index (χ1) is 8.81. The zero-order chi connectivity index (χ0) is 12.8. The number of benzene rings is 1. The first kappa shape index (κ1) is 12.9. The van der Waals surface area contributed by atoms with Crippen molar-refractivity contribution in [2.75, 3.05) is 0 Å². The Bertz CT molecular complexity index is 398. The first-order valence-corrected chi connectivity index (χ1v) is 6.69. The summed E-state index contributed by atoms with van der Waals surface area (Å²) >= 11 is 0. The van der Waals surface area contributed by atoms with E-state index in [4.69, 9.17) is 4.74 Å². The lowest BCUT2D eigenvalue weighted by Crippen LogP contribution is -2.24. The number of rotatable bonds is 7. The highest BCUT2D eigenvalue weighted by Gasteiger charge is 2.27. The van der Waals surface area contributed by atoms with E-state index in [2.05, 4.69) is 6.58 Å². The Kier molecular flexibility index (Phi) is 4.57. The highest BCUT2D eigenvalue weighted by molar-refractivity contribution is 5.84. The molecule has 0 amide bonds. The van der Waals surface area contributed by atoms with Gasteiger partial charge in [0.1, 0.15) is 5.75 Å². The van der Waals surface area contributed by atoms with Crippen LogP contribution in [0.4, 0.5) is 0 Å². The summed E-state index contributed by atoms with van der Waals surface area (Å²) in [5.74, 6) is 1.12. The molecule has 2 heteroatoms. The van der Waals surface area contributed by atoms with Crippen LogP contribution in [-0.2, 0) is 11.2 Å². The minimum atomic E-state index is -0.248. The maximum Gasteiger partial charge on any atom is 0.173 e. The number of allylic oxidation sites excluding steroid dienone is 1. The van der Waals surface area contributed by atoms with Crippen molar-refractivity contribution in [2.24, 2.45) is 0 Å². The third-order valence-corrected chi connectivity index (χ3v) is 3.34. The highest BCUT2D eigenvalue weighted by Crippen LogP contribution is 2.29. The smallest absolute Gasteiger partial charge is 0.173 e. The summed E-state index contributed by atoms with van der Waals surface area (Å²) in [5.41, 5.74) is 1.16. The van der Waals surface area contributed by atoms with Gasteiger partial charge in [-0.25, -0.2) is 0 Å². The molecule has 0 spiro atoms. The molecule has 2 nitrogen and oxygen atoms in total. The highest BCUT2D eigenvalue weighted by atomic mass is 16.5. The Hall–Kier alpha value is -1.57. The number of ketones is 1. The molecule has 18 heavy (non-hydrogen) atoms. The number of hydrogen-bond donors (Lipinski definition) is 0. The largest absolute Gasteiger partial charge is 0.482 e. The van der Waals surface area contributed by atoms with Gasteiger partial charge in [-0.15, -0.1) is 6.58 Å². The fourth-order valence-corrected chi connectivity index (χ4v) is 2.29. The van der Waals surface area contributed by atoms with E-state index in [1.54, 1.807) is 0 Å². The molecule has 0 saturated heterocycles. The van der Waals surface area contributed by atoms with E-state index in [0.29, 0.717) is 6.42 Å². The lowest BCUT2D eigenvalue weighted by molar-refractivity contribution is -0.125. The summed E-state index contributed by atoms with van der Waals surface area (Å²) in [6.45, 7) is 3.69. The SMILES string of the molecule is C=CCCCCCC(=O)C1Cc2ccccc2O1. The van der Waals surface area contributed by atoms with E-state index < -0.39 is 0 Å². The van der Waals surface area contributed by atoms with E-state index in [0.717, 1.165) is 43.4 Å². The second kappa shape index (κ2) is 6.39. The van der Waals surface area contributed by atoms with Gasteiger partial charge in [0.15, 0.2) is 11.9 Å². The van der Waals surface area contributed by atoms with Crippen molar-refractivity contribution < 1.29 is 9.53 Å². The van der Waals surface area contributed by atoms with Gasteiger partial charge in [0, 0.05) is 12.8 Å². The molecule has 1 aromatic rings. The second-order valence-electron chi connectivity index (χ2n) is 4.77. The van der Waals surface area contributed by atoms with Crippen molar-refractivity contribution in [3.63, 3.8) is 0 Å². The monoisotopic (exact) mass is 244 g/mol. The van der Waals surface area contributed by atoms with Crippen molar-refractivity contribution in [1.29, 1.82) is 0 Å². The Morgan fingerprint density at radius 1 is 1.33 bits per heavy atom. The molecule has 0 bridgehead atoms. The van der Waals surface area contributed by atoms with E-state index in [1.165, 1.54) is 0 Å². The Labute approximate surface area is 109 Å². The number of para-hydroxylation sites is 1. The molecule has 96 valence electrons. The molecule has 0 saturated carbocycles. The summed E-state index contributed by atoms with van der Waals surface area (Å²) in [6.07, 6.45) is 7.28. The fraction of sp³-hybridized carbons (Fsp3) is 0.438. The molecule has 1 aromatic carbocycles. The average Bonchev–Trinajstić information content (AvgIpc) is 2.82. The van der Waals surface area contributed by atoms with Crippen LogP contribution in [0.25, 0.3) is 0 Å². The fourth-order valence-electron chi connectivity index (χ4n) is 2.29. The zero-order valence-corrected chi connectivity index (χ0v) is 10.7. The van der Waals surface area contributed by atoms with E-state index >= 15 is 0 Å². The summed E-state index contributed by atoms with van der Waals surface area (Å²) in [4.78, 5) is 12.0. The van der Waals surface area contributed by atoms with Crippen LogP contribution in [0.15, 0.2) is 36.9 Å². The van der Waals surface area contributed by atoms with Crippen LogP contribution in [0.2, 0.25) is 0 Å². The molecule has 1 unspecified atom stereocenters. The maximum absolute atomic E-state index is 12.0. The molecule has 1 heterocycles. The van der Waals surface area contributed by atoms with E-state index in [-0.39, 0.29) is 11.9 Å². The normalized spacial score (nSPS) is 17.0. The van der Waals surface area contributed by atoms with Gasteiger partial charge in [-0.05, 0) is 30.9 Å². The minimum absolute atomic E-state index is 0.241. The quantitative estimate of drug-likeness (QED) is 0.540. The van der Waals surface area contributed by atoms with Crippen LogP contribution in [0, 0.1) is 0 Å². The molecular weight excluding hydrogens is 224 g/mol. The van der Waals surface area contributed by atoms with Crippen molar-refractivity contribution in [3.8, 4) is 5.75 Å². The van der Waals surface area contributed by atoms with Crippen LogP contribution in [0.1, 0.15) is 37.7 Å². The number of unbranched alkanes of at least 4 members (excludes halogenated alkanes) is 3. The van der Waals surface area contributed by atoms with Gasteiger partial charge in [-0.2, -0.15) is 0 Å². The summed E-state index contributed by atoms with van der Waals surface area (Å²) in [5, 5.41) is 0. The standard InChI is InChI=1S/C16H20O2/c1-2-3-4-5-6-10-14(17)16-12-13-9-7-8-11-15(13)18-16/h2,7-9,11,16H,1,3-6,10,12H2. The van der Waals surface area contributed by atoms with Crippen molar-refractivity contribution in [1.82, 2.24) is 0 Å². The van der Waals surface area contributed by atoms with Crippen molar-refractivity contribution >= 4 is 5.78 Å². The lowest BCUT2D eigenvalue weighted by Gasteiger charge is -2.09. The molecule has 0 radical (unpaired) electrons. The van der Waals surface area contributed by atoms with E-state index in [1.807, 2.05) is 30.3 Å². The lowest BCUT2D eigenvalue weighted by atomic mass is 10.0. The Morgan fingerprint density at radius 2 is 2.17 bits per heavy atom. The van der Waals surface area contributed by atoms with Crippen LogP contribution < -0.4 is 4.74 Å². The minimum Gasteiger partial charge on any atom is -0.482 e. The van der Waals surface area contributed by atoms with Gasteiger partial charge in [0.2, 0.25) is 0 Å². The van der Waals surface area contributed by atoms with Gasteiger partial charge < -0.3 is 4.74 Å². The molecule has 1 aliphatic rings. The van der Waals surface area contributed by atoms with Gasteiger partial charge in [0.25, 0.3) is 0 Å². The Morgan fingerprint density at radius 3 is 2.94 bits per heavy atom. The third-order valence-electron chi connectivity index (χ3n) is 3.34. The van der Waals surface area contributed by atoms with Crippen LogP contribution >= 0.6 is 0 Å². The van der Waals surface area contributed by atoms with Crippen LogP contribution in [0.5, 0.6) is 5.75 Å². The summed E-state index contributed by atoms with van der Waals surface area (Å²) in [6, 6.07) is 7.91. The molecule has 1 aliphatic heterocycles. The summed E-state index contributed by atoms with van der Waals surface area (Å²) in [7, 11) is 0. The van der Waals surface area contributed by atoms with Gasteiger partial charge in [0.05, 0.1) is 0 Å². The third kappa shape index (κ3) is 3.22. The predicted octanol–water partition coefficient (Wildman–Crippen LogP) is 3.70. The van der Waals surface area contributed by atoms with Crippen molar-refractivity contribution in [2.45, 2.75) is 44.6 Å².